The summed E-state index contributed by atoms with van der Waals surface area (Å²) in [6.45, 7) is 0. The van der Waals surface area contributed by atoms with Crippen LogP contribution in [-0.4, -0.2) is 13.1 Å². The van der Waals surface area contributed by atoms with Gasteiger partial charge in [0.05, 0.1) is 7.11 Å². The Hall–Kier alpha value is -1.60. The van der Waals surface area contributed by atoms with Crippen LogP contribution in [0.25, 0.3) is 6.08 Å². The monoisotopic (exact) mass is 193 g/mol. The summed E-state index contributed by atoms with van der Waals surface area (Å²) in [5.74, 6) is -0.396. The quantitative estimate of drug-likeness (QED) is 0.531. The van der Waals surface area contributed by atoms with Crippen molar-refractivity contribution in [1.82, 2.24) is 0 Å². The average molecular weight is 193 g/mol. The number of nitrogens with zero attached hydrogens (tertiary/aromatic N) is 1. The Bertz CT molecular complexity index is 373. The lowest BCUT2D eigenvalue weighted by Crippen LogP contribution is -1.92. The first-order valence-corrected chi connectivity index (χ1v) is 4.34. The molecule has 3 nitrogen and oxygen atoms in total. The molecule has 1 heterocycles. The van der Waals surface area contributed by atoms with Gasteiger partial charge in [-0.15, -0.1) is 11.3 Å². The fourth-order valence-electron chi connectivity index (χ4n) is 0.721. The average Bonchev–Trinajstić information content (AvgIpc) is 2.61. The van der Waals surface area contributed by atoms with Gasteiger partial charge < -0.3 is 4.74 Å². The van der Waals surface area contributed by atoms with Gasteiger partial charge in [-0.25, -0.2) is 4.79 Å². The molecule has 0 amide bonds. The Morgan fingerprint density at radius 2 is 2.46 bits per heavy atom. The third-order valence-corrected chi connectivity index (χ3v) is 2.28. The van der Waals surface area contributed by atoms with Gasteiger partial charge in [0, 0.05) is 11.0 Å². The van der Waals surface area contributed by atoms with E-state index in [0.717, 1.165) is 4.88 Å². The highest BCUT2D eigenvalue weighted by Gasteiger charge is 1.96. The molecule has 0 radical (unpaired) electrons. The first-order chi connectivity index (χ1) is 6.26. The maximum atomic E-state index is 10.7. The molecule has 0 saturated carbocycles. The molecule has 4 heteroatoms. The molecule has 0 N–H and O–H groups in total. The Labute approximate surface area is 79.9 Å². The minimum atomic E-state index is -0.396. The number of rotatable bonds is 2. The number of methoxy groups -OCH3 is 1. The van der Waals surface area contributed by atoms with Crippen LogP contribution in [0.2, 0.25) is 0 Å². The summed E-state index contributed by atoms with van der Waals surface area (Å²) in [6, 6.07) is 5.51. The highest BCUT2D eigenvalue weighted by atomic mass is 32.1. The standard InChI is InChI=1S/C9H7NO2S/c1-12-9(11)5-4-7-2-3-8(6-10)13-7/h2-5H,1H3. The SMILES string of the molecule is COC(=O)C=Cc1ccc(C#N)s1. The van der Waals surface area contributed by atoms with Crippen molar-refractivity contribution in [2.75, 3.05) is 7.11 Å². The van der Waals surface area contributed by atoms with E-state index in [2.05, 4.69) is 4.74 Å². The summed E-state index contributed by atoms with van der Waals surface area (Å²) < 4.78 is 4.42. The summed E-state index contributed by atoms with van der Waals surface area (Å²) >= 11 is 1.33. The third kappa shape index (κ3) is 2.73. The van der Waals surface area contributed by atoms with E-state index < -0.39 is 5.97 Å². The maximum absolute atomic E-state index is 10.7. The molecule has 0 bridgehead atoms. The number of carbonyl (C=O) groups excluding carboxylic acids is 1. The Morgan fingerprint density at radius 3 is 3.00 bits per heavy atom. The Balaban J connectivity index is 2.70. The van der Waals surface area contributed by atoms with Crippen molar-refractivity contribution in [3.63, 3.8) is 0 Å². The van der Waals surface area contributed by atoms with E-state index in [1.165, 1.54) is 24.5 Å². The zero-order chi connectivity index (χ0) is 9.68. The first-order valence-electron chi connectivity index (χ1n) is 3.52. The molecule has 0 aliphatic heterocycles. The van der Waals surface area contributed by atoms with Gasteiger partial charge in [0.2, 0.25) is 0 Å². The summed E-state index contributed by atoms with van der Waals surface area (Å²) in [5, 5.41) is 8.52. The topological polar surface area (TPSA) is 50.1 Å². The van der Waals surface area contributed by atoms with Crippen molar-refractivity contribution in [3.05, 3.63) is 28.0 Å². The molecule has 0 unspecified atom stereocenters. The van der Waals surface area contributed by atoms with Crippen LogP contribution in [0.4, 0.5) is 0 Å². The smallest absolute Gasteiger partial charge is 0.330 e. The molecule has 13 heavy (non-hydrogen) atoms. The largest absolute Gasteiger partial charge is 0.466 e. The molecule has 0 spiro atoms. The van der Waals surface area contributed by atoms with Crippen LogP contribution >= 0.6 is 11.3 Å². The normalized spacial score (nSPS) is 9.85. The van der Waals surface area contributed by atoms with Crippen molar-refractivity contribution < 1.29 is 9.53 Å². The number of ether oxygens (including phenoxy) is 1. The van der Waals surface area contributed by atoms with E-state index in [-0.39, 0.29) is 0 Å². The zero-order valence-electron chi connectivity index (χ0n) is 6.98. The minimum Gasteiger partial charge on any atom is -0.466 e. The van der Waals surface area contributed by atoms with Gasteiger partial charge in [0.15, 0.2) is 0 Å². The number of esters is 1. The van der Waals surface area contributed by atoms with E-state index >= 15 is 0 Å². The number of thiophene rings is 1. The van der Waals surface area contributed by atoms with Crippen molar-refractivity contribution in [1.29, 1.82) is 5.26 Å². The van der Waals surface area contributed by atoms with Crippen LogP contribution in [0.1, 0.15) is 9.75 Å². The highest BCUT2D eigenvalue weighted by Crippen LogP contribution is 2.16. The second-order valence-corrected chi connectivity index (χ2v) is 3.29. The van der Waals surface area contributed by atoms with Crippen LogP contribution in [0.15, 0.2) is 18.2 Å². The summed E-state index contributed by atoms with van der Waals surface area (Å²) in [5.41, 5.74) is 0. The second kappa shape index (κ2) is 4.43. The van der Waals surface area contributed by atoms with Crippen molar-refractivity contribution in [3.8, 4) is 6.07 Å². The van der Waals surface area contributed by atoms with Gasteiger partial charge in [-0.1, -0.05) is 0 Å². The Morgan fingerprint density at radius 1 is 1.69 bits per heavy atom. The lowest BCUT2D eigenvalue weighted by Gasteiger charge is -1.87. The molecule has 1 rings (SSSR count). The molecule has 66 valence electrons. The number of hydrogen-bond donors (Lipinski definition) is 0. The van der Waals surface area contributed by atoms with Gasteiger partial charge in [0.1, 0.15) is 10.9 Å². The fourth-order valence-corrected chi connectivity index (χ4v) is 1.43. The number of hydrogen-bond acceptors (Lipinski definition) is 4. The lowest BCUT2D eigenvalue weighted by molar-refractivity contribution is -0.134. The molecule has 0 aliphatic rings. The van der Waals surface area contributed by atoms with Crippen LogP contribution in [-0.2, 0) is 9.53 Å². The van der Waals surface area contributed by atoms with Gasteiger partial charge in [-0.3, -0.25) is 0 Å². The maximum Gasteiger partial charge on any atom is 0.330 e. The van der Waals surface area contributed by atoms with Crippen LogP contribution < -0.4 is 0 Å². The highest BCUT2D eigenvalue weighted by molar-refractivity contribution is 7.13. The summed E-state index contributed by atoms with van der Waals surface area (Å²) in [6.07, 6.45) is 2.95. The van der Waals surface area contributed by atoms with Crippen molar-refractivity contribution in [2.45, 2.75) is 0 Å². The zero-order valence-corrected chi connectivity index (χ0v) is 7.80. The summed E-state index contributed by atoms with van der Waals surface area (Å²) in [4.78, 5) is 12.2. The van der Waals surface area contributed by atoms with Gasteiger partial charge in [-0.05, 0) is 18.2 Å². The molecule has 0 saturated heterocycles. The number of nitriles is 1. The van der Waals surface area contributed by atoms with E-state index in [0.29, 0.717) is 4.88 Å². The number of carbonyl (C=O) groups is 1. The predicted octanol–water partition coefficient (Wildman–Crippen LogP) is 1.81. The van der Waals surface area contributed by atoms with E-state index in [4.69, 9.17) is 5.26 Å². The fraction of sp³-hybridized carbons (Fsp3) is 0.111. The van der Waals surface area contributed by atoms with E-state index in [1.807, 2.05) is 6.07 Å². The Kier molecular flexibility index (Phi) is 3.23. The molecule has 0 atom stereocenters. The second-order valence-electron chi connectivity index (χ2n) is 2.17. The van der Waals surface area contributed by atoms with Crippen LogP contribution in [0.5, 0.6) is 0 Å². The van der Waals surface area contributed by atoms with Gasteiger partial charge in [-0.2, -0.15) is 5.26 Å². The molecule has 0 aliphatic carbocycles. The van der Waals surface area contributed by atoms with Gasteiger partial charge >= 0.3 is 5.97 Å². The minimum absolute atomic E-state index is 0.396. The third-order valence-electron chi connectivity index (χ3n) is 1.32. The molecule has 1 aromatic heterocycles. The predicted molar refractivity (Wildman–Crippen MR) is 50.1 cm³/mol. The van der Waals surface area contributed by atoms with E-state index in [1.54, 1.807) is 18.2 Å². The van der Waals surface area contributed by atoms with Crippen LogP contribution in [0.3, 0.4) is 0 Å². The lowest BCUT2D eigenvalue weighted by atomic mass is 10.4. The van der Waals surface area contributed by atoms with Crippen molar-refractivity contribution >= 4 is 23.4 Å². The van der Waals surface area contributed by atoms with Crippen molar-refractivity contribution in [2.24, 2.45) is 0 Å². The van der Waals surface area contributed by atoms with Gasteiger partial charge in [0.25, 0.3) is 0 Å². The summed E-state index contributed by atoms with van der Waals surface area (Å²) in [7, 11) is 1.32. The van der Waals surface area contributed by atoms with Crippen LogP contribution in [0, 0.1) is 11.3 Å². The molecule has 1 aromatic rings. The molecule has 0 aromatic carbocycles. The first kappa shape index (κ1) is 9.49. The van der Waals surface area contributed by atoms with E-state index in [9.17, 15) is 4.79 Å². The molecular weight excluding hydrogens is 186 g/mol. The molecular formula is C9H7NO2S. The molecule has 0 fully saturated rings.